The molecule has 0 bridgehead atoms. The Bertz CT molecular complexity index is 575. The molecule has 24 heavy (non-hydrogen) atoms. The standard InChI is InChI=1S/C15H26N2O6S/c1-15(2,3)23-14(20)17-12(13(18)19)8-9-16-24(21,22)10-4-5-11-6-7-11/h9,11-12H,4-8,10H2,1-3H3,(H,17,20)(H,18,19)/t12-/m0/s1. The van der Waals surface area contributed by atoms with Gasteiger partial charge >= 0.3 is 12.1 Å². The molecule has 2 N–H and O–H groups in total. The summed E-state index contributed by atoms with van der Waals surface area (Å²) in [6.45, 7) is 4.95. The lowest BCUT2D eigenvalue weighted by molar-refractivity contribution is -0.139. The van der Waals surface area contributed by atoms with Crippen molar-refractivity contribution < 1.29 is 27.9 Å². The van der Waals surface area contributed by atoms with Crippen LogP contribution in [-0.2, 0) is 19.6 Å². The fourth-order valence-corrected chi connectivity index (χ4v) is 2.90. The Morgan fingerprint density at radius 1 is 1.38 bits per heavy atom. The molecule has 1 amide bonds. The summed E-state index contributed by atoms with van der Waals surface area (Å²) >= 11 is 0. The van der Waals surface area contributed by atoms with Crippen molar-refractivity contribution in [3.63, 3.8) is 0 Å². The van der Waals surface area contributed by atoms with Crippen molar-refractivity contribution in [1.82, 2.24) is 5.32 Å². The van der Waals surface area contributed by atoms with Gasteiger partial charge in [0, 0.05) is 12.6 Å². The summed E-state index contributed by atoms with van der Waals surface area (Å²) in [7, 11) is -3.60. The number of carboxylic acids is 1. The van der Waals surface area contributed by atoms with Crippen LogP contribution >= 0.6 is 0 Å². The van der Waals surface area contributed by atoms with Crippen molar-refractivity contribution in [2.24, 2.45) is 10.3 Å². The predicted molar refractivity (Wildman–Crippen MR) is 89.6 cm³/mol. The molecule has 1 rings (SSSR count). The molecule has 0 aromatic heterocycles. The van der Waals surface area contributed by atoms with E-state index >= 15 is 0 Å². The molecular formula is C15H26N2O6S. The van der Waals surface area contributed by atoms with Gasteiger partial charge in [-0.1, -0.05) is 12.8 Å². The maximum Gasteiger partial charge on any atom is 0.408 e. The summed E-state index contributed by atoms with van der Waals surface area (Å²) < 4.78 is 31.9. The van der Waals surface area contributed by atoms with Gasteiger partial charge in [-0.15, -0.1) is 0 Å². The maximum absolute atomic E-state index is 11.7. The van der Waals surface area contributed by atoms with Crippen molar-refractivity contribution in [2.75, 3.05) is 5.75 Å². The molecule has 0 radical (unpaired) electrons. The number of nitrogens with one attached hydrogen (secondary N) is 1. The molecule has 0 heterocycles. The number of alkyl carbamates (subject to hydrolysis) is 1. The van der Waals surface area contributed by atoms with Crippen molar-refractivity contribution in [2.45, 2.75) is 64.5 Å². The van der Waals surface area contributed by atoms with Crippen molar-refractivity contribution in [1.29, 1.82) is 0 Å². The van der Waals surface area contributed by atoms with Gasteiger partial charge in [0.05, 0.1) is 5.75 Å². The Morgan fingerprint density at radius 2 is 2.00 bits per heavy atom. The van der Waals surface area contributed by atoms with Crippen molar-refractivity contribution in [3.05, 3.63) is 0 Å². The van der Waals surface area contributed by atoms with Crippen LogP contribution in [0, 0.1) is 5.92 Å². The third-order valence-electron chi connectivity index (χ3n) is 3.28. The van der Waals surface area contributed by atoms with E-state index in [1.165, 1.54) is 12.8 Å². The first kappa shape index (κ1) is 20.4. The quantitative estimate of drug-likeness (QED) is 0.604. The minimum atomic E-state index is -3.60. The first-order valence-electron chi connectivity index (χ1n) is 7.97. The molecule has 1 saturated carbocycles. The van der Waals surface area contributed by atoms with Crippen LogP contribution in [0.25, 0.3) is 0 Å². The number of hydrogen-bond acceptors (Lipinski definition) is 5. The van der Waals surface area contributed by atoms with E-state index in [-0.39, 0.29) is 12.2 Å². The molecule has 8 nitrogen and oxygen atoms in total. The number of carbonyl (C=O) groups excluding carboxylic acids is 1. The van der Waals surface area contributed by atoms with E-state index < -0.39 is 33.7 Å². The largest absolute Gasteiger partial charge is 0.480 e. The van der Waals surface area contributed by atoms with Crippen LogP contribution in [0.15, 0.2) is 4.40 Å². The fourth-order valence-electron chi connectivity index (χ4n) is 1.95. The Kier molecular flexibility index (Phi) is 7.19. The molecule has 1 aliphatic carbocycles. The zero-order chi connectivity index (χ0) is 18.4. The SMILES string of the molecule is CC(C)(C)OC(=O)N[C@@H](CC=NS(=O)(=O)CCCC1CC1)C(=O)O. The Balaban J connectivity index is 2.46. The number of hydrogen-bond donors (Lipinski definition) is 2. The van der Waals surface area contributed by atoms with Crippen LogP contribution in [0.1, 0.15) is 52.9 Å². The average Bonchev–Trinajstić information content (AvgIpc) is 3.18. The molecule has 138 valence electrons. The van der Waals surface area contributed by atoms with E-state index in [9.17, 15) is 18.0 Å². The average molecular weight is 362 g/mol. The Hall–Kier alpha value is -1.64. The molecule has 1 fully saturated rings. The first-order valence-corrected chi connectivity index (χ1v) is 9.58. The topological polar surface area (TPSA) is 122 Å². The summed E-state index contributed by atoms with van der Waals surface area (Å²) in [5.74, 6) is -0.686. The lowest BCUT2D eigenvalue weighted by Crippen LogP contribution is -2.43. The number of aliphatic carboxylic acids is 1. The van der Waals surface area contributed by atoms with Crippen LogP contribution in [0.4, 0.5) is 4.79 Å². The van der Waals surface area contributed by atoms with E-state index in [0.29, 0.717) is 12.3 Å². The summed E-state index contributed by atoms with van der Waals surface area (Å²) in [6.07, 6.45) is 3.67. The maximum atomic E-state index is 11.7. The normalized spacial score (nSPS) is 16.8. The number of ether oxygens (including phenoxy) is 1. The van der Waals surface area contributed by atoms with E-state index in [1.807, 2.05) is 0 Å². The summed E-state index contributed by atoms with van der Waals surface area (Å²) in [6, 6.07) is -1.30. The lowest BCUT2D eigenvalue weighted by atomic mass is 10.2. The lowest BCUT2D eigenvalue weighted by Gasteiger charge is -2.21. The van der Waals surface area contributed by atoms with Gasteiger partial charge in [0.15, 0.2) is 0 Å². The highest BCUT2D eigenvalue weighted by atomic mass is 32.2. The van der Waals surface area contributed by atoms with Gasteiger partial charge in [-0.3, -0.25) is 0 Å². The van der Waals surface area contributed by atoms with Gasteiger partial charge in [-0.2, -0.15) is 4.40 Å². The number of sulfonamides is 1. The van der Waals surface area contributed by atoms with E-state index in [0.717, 1.165) is 12.6 Å². The van der Waals surface area contributed by atoms with Crippen LogP contribution in [0.3, 0.4) is 0 Å². The van der Waals surface area contributed by atoms with Crippen molar-refractivity contribution >= 4 is 28.3 Å². The predicted octanol–water partition coefficient (Wildman–Crippen LogP) is 1.95. The van der Waals surface area contributed by atoms with Crippen LogP contribution < -0.4 is 5.32 Å². The summed E-state index contributed by atoms with van der Waals surface area (Å²) in [5, 5.41) is 11.3. The minimum Gasteiger partial charge on any atom is -0.480 e. The van der Waals surface area contributed by atoms with E-state index in [4.69, 9.17) is 9.84 Å². The van der Waals surface area contributed by atoms with Crippen LogP contribution in [-0.4, -0.2) is 49.2 Å². The number of carboxylic acid groups (broad SMARTS) is 1. The second-order valence-corrected chi connectivity index (χ2v) is 8.72. The van der Waals surface area contributed by atoms with Gasteiger partial charge in [-0.05, 0) is 39.5 Å². The molecule has 0 aliphatic heterocycles. The Morgan fingerprint density at radius 3 is 2.50 bits per heavy atom. The zero-order valence-corrected chi connectivity index (χ0v) is 15.1. The second kappa shape index (κ2) is 8.46. The number of amides is 1. The summed E-state index contributed by atoms with van der Waals surface area (Å²) in [4.78, 5) is 22.7. The highest BCUT2D eigenvalue weighted by molar-refractivity contribution is 7.90. The van der Waals surface area contributed by atoms with E-state index in [1.54, 1.807) is 20.8 Å². The smallest absolute Gasteiger partial charge is 0.408 e. The van der Waals surface area contributed by atoms with Crippen LogP contribution in [0.2, 0.25) is 0 Å². The number of carbonyl (C=O) groups is 2. The molecule has 0 saturated heterocycles. The third kappa shape index (κ3) is 9.49. The number of rotatable bonds is 9. The fraction of sp³-hybridized carbons (Fsp3) is 0.800. The third-order valence-corrected chi connectivity index (χ3v) is 4.55. The molecule has 0 aromatic rings. The van der Waals surface area contributed by atoms with E-state index in [2.05, 4.69) is 9.71 Å². The summed E-state index contributed by atoms with van der Waals surface area (Å²) in [5.41, 5.74) is -0.758. The van der Waals surface area contributed by atoms with Gasteiger partial charge in [-0.25, -0.2) is 18.0 Å². The van der Waals surface area contributed by atoms with Gasteiger partial charge in [0.25, 0.3) is 10.0 Å². The first-order chi connectivity index (χ1) is 11.0. The van der Waals surface area contributed by atoms with Crippen molar-refractivity contribution in [3.8, 4) is 0 Å². The number of nitrogens with zero attached hydrogens (tertiary/aromatic N) is 1. The molecule has 9 heteroatoms. The molecule has 0 aromatic carbocycles. The van der Waals surface area contributed by atoms with Gasteiger partial charge < -0.3 is 15.2 Å². The van der Waals surface area contributed by atoms with Gasteiger partial charge in [0.1, 0.15) is 11.6 Å². The second-order valence-electron chi connectivity index (χ2n) is 6.93. The molecule has 1 atom stereocenters. The zero-order valence-electron chi connectivity index (χ0n) is 14.3. The van der Waals surface area contributed by atoms with Gasteiger partial charge in [0.2, 0.25) is 0 Å². The molecular weight excluding hydrogens is 336 g/mol. The Labute approximate surface area is 142 Å². The molecule has 0 unspecified atom stereocenters. The highest BCUT2D eigenvalue weighted by Crippen LogP contribution is 2.33. The minimum absolute atomic E-state index is 0.0444. The monoisotopic (exact) mass is 362 g/mol. The molecule has 0 spiro atoms. The van der Waals surface area contributed by atoms with Crippen LogP contribution in [0.5, 0.6) is 0 Å². The molecule has 1 aliphatic rings. The highest BCUT2D eigenvalue weighted by Gasteiger charge is 2.24.